The molecule has 4 rings (SSSR count). The monoisotopic (exact) mass is 494 g/mol. The summed E-state index contributed by atoms with van der Waals surface area (Å²) in [5.74, 6) is 0.306. The van der Waals surface area contributed by atoms with E-state index in [1.807, 2.05) is 27.7 Å². The highest BCUT2D eigenvalue weighted by atomic mass is 32.2. The zero-order chi connectivity index (χ0) is 25.2. The van der Waals surface area contributed by atoms with Crippen molar-refractivity contribution in [3.63, 3.8) is 0 Å². The van der Waals surface area contributed by atoms with Crippen LogP contribution in [0.3, 0.4) is 0 Å². The maximum absolute atomic E-state index is 13.8. The number of carbonyl (C=O) groups excluding carboxylic acids is 1. The molecule has 184 valence electrons. The van der Waals surface area contributed by atoms with Crippen molar-refractivity contribution >= 4 is 21.6 Å². The number of aromatic nitrogens is 1. The Morgan fingerprint density at radius 2 is 1.74 bits per heavy atom. The van der Waals surface area contributed by atoms with Gasteiger partial charge in [-0.3, -0.25) is 9.69 Å². The van der Waals surface area contributed by atoms with Gasteiger partial charge in [0.25, 0.3) is 0 Å². The van der Waals surface area contributed by atoms with E-state index in [2.05, 4.69) is 4.98 Å². The van der Waals surface area contributed by atoms with Crippen LogP contribution in [0, 0.1) is 10.8 Å². The lowest BCUT2D eigenvalue weighted by Crippen LogP contribution is -2.49. The van der Waals surface area contributed by atoms with Crippen LogP contribution in [-0.2, 0) is 25.6 Å². The molecule has 0 bridgehead atoms. The van der Waals surface area contributed by atoms with Crippen molar-refractivity contribution in [3.05, 3.63) is 53.7 Å². The third-order valence-electron chi connectivity index (χ3n) is 7.02. The second-order valence-electron chi connectivity index (χ2n) is 10.6. The highest BCUT2D eigenvalue weighted by molar-refractivity contribution is 7.92. The lowest BCUT2D eigenvalue weighted by molar-refractivity contribution is -0.137. The van der Waals surface area contributed by atoms with Gasteiger partial charge in [0.15, 0.2) is 9.84 Å². The summed E-state index contributed by atoms with van der Waals surface area (Å²) in [6.07, 6.45) is -0.614. The molecule has 2 aromatic rings. The SMILES string of the molecule is CCN(C(=O)C(C)(C)C)c1ccc(C2(S(=O)(=O)c3cccc(C(F)(F)F)c3)CC3(CC3)C2)cn1. The predicted octanol–water partition coefficient (Wildman–Crippen LogP) is 5.74. The lowest BCUT2D eigenvalue weighted by Gasteiger charge is -2.48. The molecule has 2 saturated carbocycles. The molecule has 2 aliphatic rings. The fourth-order valence-electron chi connectivity index (χ4n) is 4.93. The average Bonchev–Trinajstić information content (AvgIpc) is 3.53. The van der Waals surface area contributed by atoms with Gasteiger partial charge in [0.1, 0.15) is 10.6 Å². The van der Waals surface area contributed by atoms with Gasteiger partial charge in [0.2, 0.25) is 5.91 Å². The van der Waals surface area contributed by atoms with Crippen LogP contribution in [0.25, 0.3) is 0 Å². The summed E-state index contributed by atoms with van der Waals surface area (Å²) in [6, 6.07) is 7.24. The highest BCUT2D eigenvalue weighted by Crippen LogP contribution is 2.71. The zero-order valence-corrected chi connectivity index (χ0v) is 20.6. The molecule has 0 saturated heterocycles. The number of rotatable bonds is 5. The van der Waals surface area contributed by atoms with E-state index < -0.39 is 31.7 Å². The van der Waals surface area contributed by atoms with Crippen LogP contribution in [0.5, 0.6) is 0 Å². The topological polar surface area (TPSA) is 67.3 Å². The number of amides is 1. The Hall–Kier alpha value is -2.42. The van der Waals surface area contributed by atoms with Gasteiger partial charge in [-0.15, -0.1) is 0 Å². The van der Waals surface area contributed by atoms with Crippen molar-refractivity contribution in [1.29, 1.82) is 0 Å². The van der Waals surface area contributed by atoms with Crippen molar-refractivity contribution in [2.24, 2.45) is 10.8 Å². The average molecular weight is 495 g/mol. The smallest absolute Gasteiger partial charge is 0.297 e. The minimum atomic E-state index is -4.64. The summed E-state index contributed by atoms with van der Waals surface area (Å²) in [7, 11) is -4.13. The molecule has 2 aliphatic carbocycles. The van der Waals surface area contributed by atoms with Crippen LogP contribution in [0.15, 0.2) is 47.5 Å². The number of benzene rings is 1. The first-order valence-electron chi connectivity index (χ1n) is 11.4. The lowest BCUT2D eigenvalue weighted by atomic mass is 9.68. The number of carbonyl (C=O) groups is 1. The standard InChI is InChI=1S/C25H29F3N2O3S/c1-5-30(21(31)22(2,3)4)20-10-9-18(14-29-20)24(15-23(16-24)11-12-23)34(32,33)19-8-6-7-17(13-19)25(26,27)28/h6-10,13-14H,5,11-12,15-16H2,1-4H3. The van der Waals surface area contributed by atoms with Gasteiger partial charge < -0.3 is 0 Å². The first-order valence-corrected chi connectivity index (χ1v) is 12.8. The maximum atomic E-state index is 13.8. The molecule has 5 nitrogen and oxygen atoms in total. The fraction of sp³-hybridized carbons (Fsp3) is 0.520. The van der Waals surface area contributed by atoms with E-state index in [0.29, 0.717) is 30.8 Å². The molecule has 1 aromatic heterocycles. The number of hydrogen-bond acceptors (Lipinski definition) is 4. The van der Waals surface area contributed by atoms with Crippen LogP contribution in [0.2, 0.25) is 0 Å². The van der Waals surface area contributed by atoms with Crippen LogP contribution in [-0.4, -0.2) is 25.9 Å². The van der Waals surface area contributed by atoms with Crippen LogP contribution in [0.4, 0.5) is 19.0 Å². The van der Waals surface area contributed by atoms with Crippen LogP contribution >= 0.6 is 0 Å². The molecule has 9 heteroatoms. The summed E-state index contributed by atoms with van der Waals surface area (Å²) in [4.78, 5) is 18.4. The van der Waals surface area contributed by atoms with E-state index in [9.17, 15) is 26.4 Å². The molecule has 0 radical (unpaired) electrons. The molecule has 1 spiro atoms. The first kappa shape index (κ1) is 24.7. The van der Waals surface area contributed by atoms with E-state index in [1.54, 1.807) is 17.0 Å². The Labute approximate surface area is 198 Å². The molecule has 0 unspecified atom stereocenters. The van der Waals surface area contributed by atoms with Crippen molar-refractivity contribution < 1.29 is 26.4 Å². The van der Waals surface area contributed by atoms with E-state index in [0.717, 1.165) is 31.0 Å². The van der Waals surface area contributed by atoms with Gasteiger partial charge in [0.05, 0.1) is 10.5 Å². The van der Waals surface area contributed by atoms with Crippen molar-refractivity contribution in [3.8, 4) is 0 Å². The Kier molecular flexibility index (Phi) is 5.66. The van der Waals surface area contributed by atoms with Gasteiger partial charge in [-0.1, -0.05) is 32.9 Å². The minimum absolute atomic E-state index is 0.0506. The summed E-state index contributed by atoms with van der Waals surface area (Å²) < 4.78 is 66.1. The van der Waals surface area contributed by atoms with Gasteiger partial charge in [0, 0.05) is 18.2 Å². The molecule has 0 N–H and O–H groups in total. The van der Waals surface area contributed by atoms with Gasteiger partial charge in [-0.2, -0.15) is 13.2 Å². The number of nitrogens with zero attached hydrogens (tertiary/aromatic N) is 2. The molecule has 1 amide bonds. The molecule has 0 atom stereocenters. The second-order valence-corrected chi connectivity index (χ2v) is 12.8. The third kappa shape index (κ3) is 4.01. The van der Waals surface area contributed by atoms with Gasteiger partial charge in [-0.05, 0) is 67.9 Å². The molecular weight excluding hydrogens is 465 g/mol. The molecule has 2 fully saturated rings. The number of sulfone groups is 1. The largest absolute Gasteiger partial charge is 0.416 e. The predicted molar refractivity (Wildman–Crippen MR) is 123 cm³/mol. The molecule has 34 heavy (non-hydrogen) atoms. The second kappa shape index (κ2) is 7.80. The Morgan fingerprint density at radius 3 is 2.21 bits per heavy atom. The van der Waals surface area contributed by atoms with Crippen LogP contribution in [0.1, 0.15) is 64.5 Å². The van der Waals surface area contributed by atoms with E-state index in [4.69, 9.17) is 0 Å². The van der Waals surface area contributed by atoms with Crippen molar-refractivity contribution in [2.45, 2.75) is 69.2 Å². The van der Waals surface area contributed by atoms with Gasteiger partial charge >= 0.3 is 6.18 Å². The summed E-state index contributed by atoms with van der Waals surface area (Å²) in [6.45, 7) is 7.67. The van der Waals surface area contributed by atoms with Gasteiger partial charge in [-0.25, -0.2) is 13.4 Å². The van der Waals surface area contributed by atoms with E-state index >= 15 is 0 Å². The maximum Gasteiger partial charge on any atom is 0.416 e. The summed E-state index contributed by atoms with van der Waals surface area (Å²) in [5, 5.41) is 0. The minimum Gasteiger partial charge on any atom is -0.297 e. The normalized spacial score (nSPS) is 18.9. The molecule has 1 aromatic carbocycles. The Bertz CT molecular complexity index is 1200. The van der Waals surface area contributed by atoms with E-state index in [1.165, 1.54) is 12.3 Å². The molecule has 0 aliphatic heterocycles. The van der Waals surface area contributed by atoms with Crippen LogP contribution < -0.4 is 4.90 Å². The fourth-order valence-corrected chi connectivity index (χ4v) is 7.35. The highest BCUT2D eigenvalue weighted by Gasteiger charge is 2.67. The number of hydrogen-bond donors (Lipinski definition) is 0. The van der Waals surface area contributed by atoms with Crippen molar-refractivity contribution in [2.75, 3.05) is 11.4 Å². The number of halogens is 3. The Morgan fingerprint density at radius 1 is 1.09 bits per heavy atom. The number of pyridine rings is 1. The zero-order valence-electron chi connectivity index (χ0n) is 19.7. The summed E-state index contributed by atoms with van der Waals surface area (Å²) in [5.41, 5.74) is -1.20. The number of alkyl halides is 3. The van der Waals surface area contributed by atoms with Crippen molar-refractivity contribution in [1.82, 2.24) is 4.98 Å². The Balaban J connectivity index is 1.74. The third-order valence-corrected chi connectivity index (χ3v) is 9.45. The van der Waals surface area contributed by atoms with E-state index in [-0.39, 0.29) is 16.2 Å². The molecule has 1 heterocycles. The quantitative estimate of drug-likeness (QED) is 0.531. The first-order chi connectivity index (χ1) is 15.7. The number of anilines is 1. The summed E-state index contributed by atoms with van der Waals surface area (Å²) >= 11 is 0. The molecular formula is C25H29F3N2O3S.